The first-order valence-corrected chi connectivity index (χ1v) is 8.12. The Morgan fingerprint density at radius 1 is 0.522 bits per heavy atom. The van der Waals surface area contributed by atoms with Crippen LogP contribution in [0, 0.1) is 0 Å². The molecule has 0 atom stereocenters. The summed E-state index contributed by atoms with van der Waals surface area (Å²) in [5, 5.41) is 3.42. The molecule has 0 saturated heterocycles. The van der Waals surface area contributed by atoms with Gasteiger partial charge in [-0.15, -0.1) is 0 Å². The third-order valence-corrected chi connectivity index (χ3v) is 4.92. The average Bonchev–Trinajstić information content (AvgIpc) is 2.92. The molecular weight excluding hydrogens is 300 g/mol. The Kier molecular flexibility index (Phi) is 2.65. The molecular formula is C22H13Cl. The van der Waals surface area contributed by atoms with E-state index in [-0.39, 0.29) is 0 Å². The maximum absolute atomic E-state index is 6.19. The van der Waals surface area contributed by atoms with Crippen LogP contribution in [0.3, 0.4) is 0 Å². The van der Waals surface area contributed by atoms with Crippen molar-refractivity contribution in [3.63, 3.8) is 0 Å². The van der Waals surface area contributed by atoms with Crippen molar-refractivity contribution >= 4 is 22.4 Å². The predicted molar refractivity (Wildman–Crippen MR) is 98.8 cm³/mol. The van der Waals surface area contributed by atoms with Crippen molar-refractivity contribution in [3.05, 3.63) is 83.9 Å². The lowest BCUT2D eigenvalue weighted by Gasteiger charge is -2.10. The second-order valence-corrected chi connectivity index (χ2v) is 6.38. The smallest absolute Gasteiger partial charge is 0.0412 e. The van der Waals surface area contributed by atoms with E-state index in [1.165, 1.54) is 38.6 Å². The van der Waals surface area contributed by atoms with E-state index in [2.05, 4.69) is 60.7 Å². The first kappa shape index (κ1) is 12.9. The van der Waals surface area contributed by atoms with E-state index in [4.69, 9.17) is 11.6 Å². The summed E-state index contributed by atoms with van der Waals surface area (Å²) < 4.78 is 0. The van der Waals surface area contributed by atoms with Gasteiger partial charge in [0, 0.05) is 5.02 Å². The van der Waals surface area contributed by atoms with E-state index in [1.54, 1.807) is 0 Å². The topological polar surface area (TPSA) is 0 Å². The summed E-state index contributed by atoms with van der Waals surface area (Å²) in [6, 6.07) is 27.8. The standard InChI is InChI=1S/C22H13Cl/c23-15-6-3-5-14(13-15)16-11-12-21-18-8-2-1-7-17(18)20-10-4-9-19(16)22(20)21/h1-13H. The summed E-state index contributed by atoms with van der Waals surface area (Å²) in [6.07, 6.45) is 0. The van der Waals surface area contributed by atoms with Crippen molar-refractivity contribution in [3.8, 4) is 33.4 Å². The number of rotatable bonds is 1. The molecule has 1 aliphatic rings. The van der Waals surface area contributed by atoms with Crippen LogP contribution in [0.15, 0.2) is 78.9 Å². The SMILES string of the molecule is Clc1cccc(-c2ccc3c4c(cccc24)-c2ccccc2-3)c1. The van der Waals surface area contributed by atoms with Crippen molar-refractivity contribution in [2.45, 2.75) is 0 Å². The van der Waals surface area contributed by atoms with Crippen molar-refractivity contribution in [2.75, 3.05) is 0 Å². The van der Waals surface area contributed by atoms with Gasteiger partial charge >= 0.3 is 0 Å². The summed E-state index contributed by atoms with van der Waals surface area (Å²) in [4.78, 5) is 0. The summed E-state index contributed by atoms with van der Waals surface area (Å²) in [6.45, 7) is 0. The minimum Gasteiger partial charge on any atom is -0.0843 e. The zero-order valence-electron chi connectivity index (χ0n) is 12.4. The average molecular weight is 313 g/mol. The monoisotopic (exact) mass is 312 g/mol. The molecule has 1 heteroatoms. The van der Waals surface area contributed by atoms with E-state index in [0.717, 1.165) is 10.6 Å². The fourth-order valence-electron chi connectivity index (χ4n) is 3.72. The molecule has 1 aliphatic carbocycles. The second kappa shape index (κ2) is 4.71. The fraction of sp³-hybridized carbons (Fsp3) is 0. The van der Waals surface area contributed by atoms with Crippen LogP contribution < -0.4 is 0 Å². The number of fused-ring (bicyclic) bond motifs is 3. The predicted octanol–water partition coefficient (Wildman–Crippen LogP) is 6.81. The number of hydrogen-bond donors (Lipinski definition) is 0. The minimum absolute atomic E-state index is 0.772. The van der Waals surface area contributed by atoms with Crippen LogP contribution in [0.25, 0.3) is 44.2 Å². The Balaban J connectivity index is 1.89. The summed E-state index contributed by atoms with van der Waals surface area (Å²) in [5.41, 5.74) is 7.72. The van der Waals surface area contributed by atoms with Gasteiger partial charge in [-0.1, -0.05) is 78.3 Å². The Labute approximate surface area is 140 Å². The first-order valence-electron chi connectivity index (χ1n) is 7.74. The molecule has 0 saturated carbocycles. The molecule has 0 heterocycles. The fourth-order valence-corrected chi connectivity index (χ4v) is 3.91. The molecule has 0 unspecified atom stereocenters. The van der Waals surface area contributed by atoms with Crippen LogP contribution in [0.1, 0.15) is 0 Å². The van der Waals surface area contributed by atoms with Crippen LogP contribution in [0.4, 0.5) is 0 Å². The lowest BCUT2D eigenvalue weighted by molar-refractivity contribution is 1.65. The molecule has 0 N–H and O–H groups in total. The summed E-state index contributed by atoms with van der Waals surface area (Å²) >= 11 is 6.19. The molecule has 23 heavy (non-hydrogen) atoms. The van der Waals surface area contributed by atoms with Gasteiger partial charge in [0.25, 0.3) is 0 Å². The molecule has 108 valence electrons. The molecule has 0 radical (unpaired) electrons. The molecule has 0 aliphatic heterocycles. The molecule has 4 aromatic rings. The maximum atomic E-state index is 6.19. The molecule has 4 aromatic carbocycles. The van der Waals surface area contributed by atoms with Gasteiger partial charge in [0.1, 0.15) is 0 Å². The van der Waals surface area contributed by atoms with Gasteiger partial charge in [-0.3, -0.25) is 0 Å². The molecule has 0 spiro atoms. The van der Waals surface area contributed by atoms with Crippen LogP contribution >= 0.6 is 11.6 Å². The largest absolute Gasteiger partial charge is 0.0843 e. The van der Waals surface area contributed by atoms with Crippen LogP contribution in [-0.4, -0.2) is 0 Å². The van der Waals surface area contributed by atoms with Gasteiger partial charge in [0.15, 0.2) is 0 Å². The third-order valence-electron chi connectivity index (χ3n) is 4.68. The first-order chi connectivity index (χ1) is 11.3. The highest BCUT2D eigenvalue weighted by Crippen LogP contribution is 2.49. The van der Waals surface area contributed by atoms with E-state index >= 15 is 0 Å². The second-order valence-electron chi connectivity index (χ2n) is 5.94. The zero-order valence-corrected chi connectivity index (χ0v) is 13.1. The Bertz CT molecular complexity index is 1050. The highest BCUT2D eigenvalue weighted by atomic mass is 35.5. The van der Waals surface area contributed by atoms with Gasteiger partial charge in [-0.25, -0.2) is 0 Å². The van der Waals surface area contributed by atoms with Crippen molar-refractivity contribution in [2.24, 2.45) is 0 Å². The van der Waals surface area contributed by atoms with Crippen molar-refractivity contribution in [1.29, 1.82) is 0 Å². The minimum atomic E-state index is 0.772. The van der Waals surface area contributed by atoms with Crippen molar-refractivity contribution in [1.82, 2.24) is 0 Å². The zero-order chi connectivity index (χ0) is 15.4. The van der Waals surface area contributed by atoms with Gasteiger partial charge in [-0.2, -0.15) is 0 Å². The molecule has 0 nitrogen and oxygen atoms in total. The van der Waals surface area contributed by atoms with E-state index < -0.39 is 0 Å². The molecule has 0 fully saturated rings. The normalized spacial score (nSPS) is 11.7. The van der Waals surface area contributed by atoms with Crippen LogP contribution in [0.5, 0.6) is 0 Å². The van der Waals surface area contributed by atoms with Gasteiger partial charge in [0.05, 0.1) is 0 Å². The van der Waals surface area contributed by atoms with E-state index in [9.17, 15) is 0 Å². The van der Waals surface area contributed by atoms with E-state index in [0.29, 0.717) is 0 Å². The lowest BCUT2D eigenvalue weighted by Crippen LogP contribution is -1.83. The lowest BCUT2D eigenvalue weighted by atomic mass is 9.94. The van der Waals surface area contributed by atoms with Crippen LogP contribution in [0.2, 0.25) is 5.02 Å². The highest BCUT2D eigenvalue weighted by Gasteiger charge is 2.21. The quantitative estimate of drug-likeness (QED) is 0.319. The number of benzene rings is 4. The van der Waals surface area contributed by atoms with Crippen LogP contribution in [-0.2, 0) is 0 Å². The van der Waals surface area contributed by atoms with Gasteiger partial charge in [-0.05, 0) is 56.3 Å². The third kappa shape index (κ3) is 1.79. The van der Waals surface area contributed by atoms with Crippen molar-refractivity contribution < 1.29 is 0 Å². The molecule has 0 bridgehead atoms. The number of halogens is 1. The van der Waals surface area contributed by atoms with Gasteiger partial charge in [0.2, 0.25) is 0 Å². The highest BCUT2D eigenvalue weighted by molar-refractivity contribution is 6.31. The van der Waals surface area contributed by atoms with E-state index in [1.807, 2.05) is 18.2 Å². The maximum Gasteiger partial charge on any atom is 0.0412 e. The summed E-state index contributed by atoms with van der Waals surface area (Å²) in [5.74, 6) is 0. The Morgan fingerprint density at radius 2 is 1.17 bits per heavy atom. The summed E-state index contributed by atoms with van der Waals surface area (Å²) in [7, 11) is 0. The Hall–Kier alpha value is -2.57. The molecule has 5 rings (SSSR count). The Morgan fingerprint density at radius 3 is 1.96 bits per heavy atom. The number of hydrogen-bond acceptors (Lipinski definition) is 0. The molecule has 0 amide bonds. The van der Waals surface area contributed by atoms with Gasteiger partial charge < -0.3 is 0 Å². The molecule has 0 aromatic heterocycles.